The van der Waals surface area contributed by atoms with Crippen molar-refractivity contribution in [3.8, 4) is 5.75 Å². The molecule has 0 aliphatic carbocycles. The van der Waals surface area contributed by atoms with Gasteiger partial charge in [-0.3, -0.25) is 13.9 Å². The Morgan fingerprint density at radius 2 is 1.46 bits per heavy atom. The molecule has 46 heavy (non-hydrogen) atoms. The van der Waals surface area contributed by atoms with E-state index >= 15 is 0 Å². The number of ether oxygens (including phenoxy) is 1. The largest absolute Gasteiger partial charge is 0.497 e. The number of hydrogen-bond donors (Lipinski definition) is 1. The number of amides is 2. The van der Waals surface area contributed by atoms with Crippen molar-refractivity contribution in [1.29, 1.82) is 0 Å². The van der Waals surface area contributed by atoms with E-state index in [1.54, 1.807) is 54.6 Å². The summed E-state index contributed by atoms with van der Waals surface area (Å²) in [6.07, 6.45) is 0.167. The first-order valence-corrected chi connectivity index (χ1v) is 16.9. The SMILES string of the molecule is COc1ccc(N(CC(=O)N(Cc2c(Cl)cccc2Cl)C(Cc2ccccc2)C(=O)NC(C)C)S(=O)(=O)c2ccc(C)cc2)cc1. The van der Waals surface area contributed by atoms with Gasteiger partial charge >= 0.3 is 0 Å². The van der Waals surface area contributed by atoms with E-state index in [2.05, 4.69) is 5.32 Å². The lowest BCUT2D eigenvalue weighted by atomic mass is 10.0. The minimum absolute atomic E-state index is 0.0146. The van der Waals surface area contributed by atoms with E-state index in [1.807, 2.05) is 51.1 Å². The normalized spacial score (nSPS) is 12.0. The van der Waals surface area contributed by atoms with Crippen LogP contribution >= 0.6 is 23.2 Å². The van der Waals surface area contributed by atoms with E-state index < -0.39 is 34.4 Å². The molecule has 1 N–H and O–H groups in total. The second-order valence-electron chi connectivity index (χ2n) is 11.1. The van der Waals surface area contributed by atoms with Gasteiger partial charge < -0.3 is 15.0 Å². The van der Waals surface area contributed by atoms with Gasteiger partial charge in [-0.15, -0.1) is 0 Å². The van der Waals surface area contributed by atoms with Crippen LogP contribution in [-0.2, 0) is 32.6 Å². The summed E-state index contributed by atoms with van der Waals surface area (Å²) in [6.45, 7) is 4.77. The molecule has 0 aliphatic heterocycles. The highest BCUT2D eigenvalue weighted by Crippen LogP contribution is 2.30. The summed E-state index contributed by atoms with van der Waals surface area (Å²) in [6, 6.07) is 25.8. The Balaban J connectivity index is 1.84. The van der Waals surface area contributed by atoms with Gasteiger partial charge in [0.15, 0.2) is 0 Å². The molecule has 242 valence electrons. The molecule has 4 aromatic carbocycles. The van der Waals surface area contributed by atoms with Crippen LogP contribution in [0.3, 0.4) is 0 Å². The summed E-state index contributed by atoms with van der Waals surface area (Å²) in [5, 5.41) is 3.55. The van der Waals surface area contributed by atoms with Gasteiger partial charge in [0.1, 0.15) is 18.3 Å². The fourth-order valence-corrected chi connectivity index (χ4v) is 6.83. The van der Waals surface area contributed by atoms with E-state index in [-0.39, 0.29) is 29.6 Å². The van der Waals surface area contributed by atoms with Gasteiger partial charge in [-0.2, -0.15) is 0 Å². The number of rotatable bonds is 13. The smallest absolute Gasteiger partial charge is 0.264 e. The Morgan fingerprint density at radius 3 is 2.02 bits per heavy atom. The Kier molecular flexibility index (Phi) is 11.7. The lowest BCUT2D eigenvalue weighted by Crippen LogP contribution is -2.54. The van der Waals surface area contributed by atoms with E-state index in [0.717, 1.165) is 15.4 Å². The van der Waals surface area contributed by atoms with Gasteiger partial charge in [0.2, 0.25) is 11.8 Å². The number of sulfonamides is 1. The monoisotopic (exact) mass is 681 g/mol. The zero-order valence-electron chi connectivity index (χ0n) is 26.1. The topological polar surface area (TPSA) is 96.0 Å². The Hall–Kier alpha value is -4.05. The average Bonchev–Trinajstić information content (AvgIpc) is 3.03. The lowest BCUT2D eigenvalue weighted by molar-refractivity contribution is -0.140. The van der Waals surface area contributed by atoms with Crippen LogP contribution in [0.4, 0.5) is 5.69 Å². The maximum Gasteiger partial charge on any atom is 0.264 e. The number of anilines is 1. The molecule has 0 heterocycles. The number of nitrogens with one attached hydrogen (secondary N) is 1. The van der Waals surface area contributed by atoms with Crippen LogP contribution in [0.1, 0.15) is 30.5 Å². The molecule has 1 unspecified atom stereocenters. The number of aryl methyl sites for hydroxylation is 1. The van der Waals surface area contributed by atoms with Crippen LogP contribution in [-0.4, -0.2) is 50.9 Å². The Morgan fingerprint density at radius 1 is 0.848 bits per heavy atom. The molecule has 4 rings (SSSR count). The van der Waals surface area contributed by atoms with E-state index in [4.69, 9.17) is 27.9 Å². The highest BCUT2D eigenvalue weighted by Gasteiger charge is 2.35. The molecule has 0 saturated heterocycles. The molecule has 1 atom stereocenters. The number of carbonyl (C=O) groups is 2. The number of methoxy groups -OCH3 is 1. The third-order valence-corrected chi connectivity index (χ3v) is 9.84. The first-order chi connectivity index (χ1) is 21.9. The van der Waals surface area contributed by atoms with E-state index in [9.17, 15) is 18.0 Å². The second-order valence-corrected chi connectivity index (χ2v) is 13.8. The van der Waals surface area contributed by atoms with Crippen molar-refractivity contribution >= 4 is 50.7 Å². The van der Waals surface area contributed by atoms with Crippen LogP contribution in [0.15, 0.2) is 102 Å². The summed E-state index contributed by atoms with van der Waals surface area (Å²) < 4.78 is 34.6. The second kappa shape index (κ2) is 15.5. The van der Waals surface area contributed by atoms with Crippen molar-refractivity contribution in [2.45, 2.75) is 50.7 Å². The fourth-order valence-electron chi connectivity index (χ4n) is 4.90. The van der Waals surface area contributed by atoms with Crippen LogP contribution in [0.5, 0.6) is 5.75 Å². The summed E-state index contributed by atoms with van der Waals surface area (Å²) in [4.78, 5) is 29.8. The van der Waals surface area contributed by atoms with Crippen LogP contribution in [0.2, 0.25) is 10.0 Å². The van der Waals surface area contributed by atoms with E-state index in [0.29, 0.717) is 21.4 Å². The first-order valence-electron chi connectivity index (χ1n) is 14.7. The van der Waals surface area contributed by atoms with Crippen molar-refractivity contribution in [3.05, 3.63) is 124 Å². The van der Waals surface area contributed by atoms with Crippen molar-refractivity contribution in [2.75, 3.05) is 18.0 Å². The van der Waals surface area contributed by atoms with Crippen LogP contribution < -0.4 is 14.4 Å². The number of nitrogens with zero attached hydrogens (tertiary/aromatic N) is 2. The standard InChI is InChI=1S/C35H37Cl2N3O5S/c1-24(2)38-35(42)33(21-26-9-6-5-7-10-26)39(22-30-31(36)11-8-12-32(30)37)34(41)23-40(27-15-17-28(45-4)18-16-27)46(43,44)29-19-13-25(3)14-20-29/h5-20,24,33H,21-23H2,1-4H3,(H,38,42). The molecular formula is C35H37Cl2N3O5S. The molecule has 2 amide bonds. The number of halogens is 2. The van der Waals surface area contributed by atoms with Gasteiger partial charge in [-0.1, -0.05) is 77.3 Å². The quantitative estimate of drug-likeness (QED) is 0.170. The Bertz CT molecular complexity index is 1730. The van der Waals surface area contributed by atoms with Crippen LogP contribution in [0.25, 0.3) is 0 Å². The maximum absolute atomic E-state index is 14.6. The molecule has 0 aromatic heterocycles. The molecule has 11 heteroatoms. The number of hydrogen-bond acceptors (Lipinski definition) is 5. The molecule has 0 saturated carbocycles. The molecule has 0 fully saturated rings. The van der Waals surface area contributed by atoms with Crippen molar-refractivity contribution in [2.24, 2.45) is 0 Å². The fraction of sp³-hybridized carbons (Fsp3) is 0.257. The molecule has 4 aromatic rings. The Labute approximate surface area is 280 Å². The zero-order valence-corrected chi connectivity index (χ0v) is 28.4. The minimum atomic E-state index is -4.24. The third kappa shape index (κ3) is 8.60. The highest BCUT2D eigenvalue weighted by molar-refractivity contribution is 7.92. The van der Waals surface area contributed by atoms with Crippen molar-refractivity contribution in [1.82, 2.24) is 10.2 Å². The van der Waals surface area contributed by atoms with Gasteiger partial charge in [0.05, 0.1) is 17.7 Å². The average molecular weight is 683 g/mol. The summed E-state index contributed by atoms with van der Waals surface area (Å²) in [7, 11) is -2.73. The first kappa shape index (κ1) is 34.8. The molecule has 0 aliphatic rings. The minimum Gasteiger partial charge on any atom is -0.497 e. The molecule has 0 spiro atoms. The van der Waals surface area contributed by atoms with Crippen molar-refractivity contribution < 1.29 is 22.7 Å². The van der Waals surface area contributed by atoms with Gasteiger partial charge in [0, 0.05) is 34.6 Å². The number of carbonyl (C=O) groups excluding carboxylic acids is 2. The van der Waals surface area contributed by atoms with Crippen molar-refractivity contribution in [3.63, 3.8) is 0 Å². The van der Waals surface area contributed by atoms with Crippen LogP contribution in [0, 0.1) is 6.92 Å². The maximum atomic E-state index is 14.6. The van der Waals surface area contributed by atoms with E-state index in [1.165, 1.54) is 24.1 Å². The predicted molar refractivity (Wildman–Crippen MR) is 183 cm³/mol. The molecule has 0 bridgehead atoms. The molecule has 8 nitrogen and oxygen atoms in total. The third-order valence-electron chi connectivity index (χ3n) is 7.34. The van der Waals surface area contributed by atoms with Gasteiger partial charge in [0.25, 0.3) is 10.0 Å². The molecule has 0 radical (unpaired) electrons. The van der Waals surface area contributed by atoms with Gasteiger partial charge in [-0.25, -0.2) is 8.42 Å². The summed E-state index contributed by atoms with van der Waals surface area (Å²) in [5.41, 5.74) is 2.38. The number of benzene rings is 4. The summed E-state index contributed by atoms with van der Waals surface area (Å²) in [5.74, 6) is -0.499. The molecular weight excluding hydrogens is 645 g/mol. The predicted octanol–water partition coefficient (Wildman–Crippen LogP) is 6.67. The van der Waals surface area contributed by atoms with Gasteiger partial charge in [-0.05, 0) is 74.9 Å². The summed E-state index contributed by atoms with van der Waals surface area (Å²) >= 11 is 13.1. The zero-order chi connectivity index (χ0) is 33.4. The highest BCUT2D eigenvalue weighted by atomic mass is 35.5. The lowest BCUT2D eigenvalue weighted by Gasteiger charge is -2.34.